The minimum atomic E-state index is -0.517. The number of esters is 1. The molecule has 0 bridgehead atoms. The van der Waals surface area contributed by atoms with Crippen LogP contribution in [0, 0.1) is 0 Å². The maximum Gasteiger partial charge on any atom is 0.331 e. The van der Waals surface area contributed by atoms with Gasteiger partial charge in [0.05, 0.1) is 5.52 Å². The summed E-state index contributed by atoms with van der Waals surface area (Å²) in [6, 6.07) is 9.90. The van der Waals surface area contributed by atoms with Crippen molar-refractivity contribution in [3.63, 3.8) is 0 Å². The molecule has 1 aliphatic rings. The number of hydrogen-bond acceptors (Lipinski definition) is 4. The molecule has 0 aliphatic carbocycles. The van der Waals surface area contributed by atoms with Gasteiger partial charge in [0, 0.05) is 35.8 Å². The average Bonchev–Trinajstić information content (AvgIpc) is 2.70. The zero-order valence-corrected chi connectivity index (χ0v) is 15.1. The highest BCUT2D eigenvalue weighted by atomic mass is 16.5. The second kappa shape index (κ2) is 8.61. The number of amides is 1. The van der Waals surface area contributed by atoms with Gasteiger partial charge >= 0.3 is 5.97 Å². The third-order valence-corrected chi connectivity index (χ3v) is 4.82. The molecule has 0 radical (unpaired) electrons. The van der Waals surface area contributed by atoms with Crippen molar-refractivity contribution in [1.82, 2.24) is 9.88 Å². The Hall–Kier alpha value is -2.69. The number of aromatic nitrogens is 1. The number of nitrogens with zero attached hydrogens (tertiary/aromatic N) is 2. The van der Waals surface area contributed by atoms with Crippen molar-refractivity contribution in [2.24, 2.45) is 0 Å². The minimum Gasteiger partial charge on any atom is -0.452 e. The van der Waals surface area contributed by atoms with E-state index in [2.05, 4.69) is 11.9 Å². The molecule has 2 aromatic rings. The summed E-state index contributed by atoms with van der Waals surface area (Å²) in [5.74, 6) is -0.624. The number of carbonyl (C=O) groups excluding carboxylic acids is 2. The fraction of sp³-hybridized carbons (Fsp3) is 0.381. The summed E-state index contributed by atoms with van der Waals surface area (Å²) in [5.41, 5.74) is 1.67. The van der Waals surface area contributed by atoms with E-state index in [0.717, 1.165) is 48.7 Å². The summed E-state index contributed by atoms with van der Waals surface area (Å²) in [7, 11) is 0. The van der Waals surface area contributed by atoms with Crippen LogP contribution in [0.4, 0.5) is 0 Å². The van der Waals surface area contributed by atoms with Gasteiger partial charge in [-0.05, 0) is 37.8 Å². The van der Waals surface area contributed by atoms with Crippen LogP contribution in [0.15, 0.2) is 42.6 Å². The lowest BCUT2D eigenvalue weighted by Crippen LogP contribution is -2.45. The van der Waals surface area contributed by atoms with Crippen molar-refractivity contribution in [3.8, 4) is 0 Å². The first-order valence-corrected chi connectivity index (χ1v) is 9.17. The van der Waals surface area contributed by atoms with Gasteiger partial charge in [-0.25, -0.2) is 4.79 Å². The van der Waals surface area contributed by atoms with Crippen LogP contribution in [0.5, 0.6) is 0 Å². The monoisotopic (exact) mass is 352 g/mol. The molecular formula is C21H24N2O3. The average molecular weight is 352 g/mol. The molecule has 1 aliphatic heterocycles. The van der Waals surface area contributed by atoms with Crippen LogP contribution < -0.4 is 0 Å². The maximum atomic E-state index is 12.3. The van der Waals surface area contributed by atoms with Crippen LogP contribution in [0.25, 0.3) is 17.0 Å². The molecule has 1 fully saturated rings. The SMILES string of the molecule is CCC1CCCCN1C(=O)COC(=O)/C=C/c1cccc2cccnc12. The largest absolute Gasteiger partial charge is 0.452 e. The second-order valence-electron chi connectivity index (χ2n) is 6.51. The third kappa shape index (κ3) is 4.28. The lowest BCUT2D eigenvalue weighted by atomic mass is 10.00. The van der Waals surface area contributed by atoms with Gasteiger partial charge in [0.1, 0.15) is 0 Å². The maximum absolute atomic E-state index is 12.3. The summed E-state index contributed by atoms with van der Waals surface area (Å²) in [6.45, 7) is 2.64. The number of fused-ring (bicyclic) bond motifs is 1. The summed E-state index contributed by atoms with van der Waals surface area (Å²) < 4.78 is 5.15. The first kappa shape index (κ1) is 18.1. The van der Waals surface area contributed by atoms with Crippen LogP contribution in [-0.4, -0.2) is 41.0 Å². The van der Waals surface area contributed by atoms with Crippen molar-refractivity contribution in [1.29, 1.82) is 0 Å². The molecule has 0 saturated carbocycles. The zero-order chi connectivity index (χ0) is 18.4. The Bertz CT molecular complexity index is 811. The number of para-hydroxylation sites is 1. The summed E-state index contributed by atoms with van der Waals surface area (Å²) in [6.07, 6.45) is 8.90. The molecule has 1 unspecified atom stereocenters. The molecule has 136 valence electrons. The molecule has 26 heavy (non-hydrogen) atoms. The van der Waals surface area contributed by atoms with Gasteiger partial charge in [-0.2, -0.15) is 0 Å². The lowest BCUT2D eigenvalue weighted by Gasteiger charge is -2.35. The predicted molar refractivity (Wildman–Crippen MR) is 101 cm³/mol. The molecule has 1 aromatic heterocycles. The molecule has 1 atom stereocenters. The summed E-state index contributed by atoms with van der Waals surface area (Å²) in [5, 5.41) is 1.01. The van der Waals surface area contributed by atoms with Crippen molar-refractivity contribution < 1.29 is 14.3 Å². The Balaban J connectivity index is 1.58. The number of pyridine rings is 1. The lowest BCUT2D eigenvalue weighted by molar-refractivity contribution is -0.150. The van der Waals surface area contributed by atoms with E-state index in [9.17, 15) is 9.59 Å². The van der Waals surface area contributed by atoms with Crippen LogP contribution >= 0.6 is 0 Å². The Morgan fingerprint density at radius 3 is 2.96 bits per heavy atom. The Kier molecular flexibility index (Phi) is 6.00. The number of hydrogen-bond donors (Lipinski definition) is 0. The third-order valence-electron chi connectivity index (χ3n) is 4.82. The van der Waals surface area contributed by atoms with E-state index in [1.807, 2.05) is 35.2 Å². The van der Waals surface area contributed by atoms with E-state index in [1.54, 1.807) is 12.3 Å². The Labute approximate surface area is 153 Å². The summed E-state index contributed by atoms with van der Waals surface area (Å²) in [4.78, 5) is 30.5. The van der Waals surface area contributed by atoms with Gasteiger partial charge in [0.15, 0.2) is 6.61 Å². The topological polar surface area (TPSA) is 59.5 Å². The molecule has 3 rings (SSSR count). The summed E-state index contributed by atoms with van der Waals surface area (Å²) >= 11 is 0. The highest BCUT2D eigenvalue weighted by Crippen LogP contribution is 2.20. The second-order valence-corrected chi connectivity index (χ2v) is 6.51. The van der Waals surface area contributed by atoms with E-state index < -0.39 is 5.97 Å². The normalized spacial score (nSPS) is 17.6. The van der Waals surface area contributed by atoms with Crippen molar-refractivity contribution >= 4 is 28.9 Å². The molecule has 1 amide bonds. The first-order valence-electron chi connectivity index (χ1n) is 9.17. The molecule has 2 heterocycles. The van der Waals surface area contributed by atoms with E-state index in [1.165, 1.54) is 6.08 Å². The van der Waals surface area contributed by atoms with E-state index >= 15 is 0 Å². The number of rotatable bonds is 5. The van der Waals surface area contributed by atoms with Crippen LogP contribution in [0.2, 0.25) is 0 Å². The van der Waals surface area contributed by atoms with Crippen molar-refractivity contribution in [2.75, 3.05) is 13.2 Å². The fourth-order valence-electron chi connectivity index (χ4n) is 3.44. The van der Waals surface area contributed by atoms with E-state index in [0.29, 0.717) is 0 Å². The fourth-order valence-corrected chi connectivity index (χ4v) is 3.44. The number of piperidine rings is 1. The van der Waals surface area contributed by atoms with E-state index in [4.69, 9.17) is 4.74 Å². The molecule has 5 heteroatoms. The molecule has 1 saturated heterocycles. The van der Waals surface area contributed by atoms with E-state index in [-0.39, 0.29) is 18.6 Å². The van der Waals surface area contributed by atoms with Crippen LogP contribution in [0.1, 0.15) is 38.2 Å². The van der Waals surface area contributed by atoms with Gasteiger partial charge in [0.25, 0.3) is 5.91 Å². The van der Waals surface area contributed by atoms with Gasteiger partial charge in [0.2, 0.25) is 0 Å². The predicted octanol–water partition coefficient (Wildman–Crippen LogP) is 3.58. The Morgan fingerprint density at radius 1 is 1.27 bits per heavy atom. The quantitative estimate of drug-likeness (QED) is 0.609. The van der Waals surface area contributed by atoms with Gasteiger partial charge in [-0.1, -0.05) is 31.2 Å². The minimum absolute atomic E-state index is 0.106. The van der Waals surface area contributed by atoms with Gasteiger partial charge in [-0.3, -0.25) is 9.78 Å². The number of likely N-dealkylation sites (tertiary alicyclic amines) is 1. The number of carbonyl (C=O) groups is 2. The zero-order valence-electron chi connectivity index (χ0n) is 15.1. The van der Waals surface area contributed by atoms with Gasteiger partial charge in [-0.15, -0.1) is 0 Å². The molecule has 1 aromatic carbocycles. The molecule has 5 nitrogen and oxygen atoms in total. The van der Waals surface area contributed by atoms with Crippen LogP contribution in [-0.2, 0) is 14.3 Å². The highest BCUT2D eigenvalue weighted by Gasteiger charge is 2.25. The highest BCUT2D eigenvalue weighted by molar-refractivity contribution is 5.93. The van der Waals surface area contributed by atoms with Crippen LogP contribution in [0.3, 0.4) is 0 Å². The van der Waals surface area contributed by atoms with Crippen molar-refractivity contribution in [3.05, 3.63) is 48.2 Å². The number of benzene rings is 1. The smallest absolute Gasteiger partial charge is 0.331 e. The molecular weight excluding hydrogens is 328 g/mol. The molecule has 0 N–H and O–H groups in total. The first-order chi connectivity index (χ1) is 12.7. The van der Waals surface area contributed by atoms with Crippen molar-refractivity contribution in [2.45, 2.75) is 38.6 Å². The standard InChI is InChI=1S/C21H24N2O3/c1-2-18-10-3-4-14-23(18)19(24)15-26-20(25)12-11-17-8-5-7-16-9-6-13-22-21(16)17/h5-9,11-13,18H,2-4,10,14-15H2,1H3/b12-11+. The Morgan fingerprint density at radius 2 is 2.12 bits per heavy atom. The number of ether oxygens (including phenoxy) is 1. The molecule has 0 spiro atoms. The van der Waals surface area contributed by atoms with Gasteiger partial charge < -0.3 is 9.64 Å².